The molecule has 0 aromatic heterocycles. The summed E-state index contributed by atoms with van der Waals surface area (Å²) in [6.07, 6.45) is 5.51. The number of benzene rings is 2. The average molecular weight is 289 g/mol. The molecule has 2 aromatic rings. The van der Waals surface area contributed by atoms with Crippen molar-refractivity contribution < 1.29 is 0 Å². The lowest BCUT2D eigenvalue weighted by Gasteiger charge is -2.42. The van der Waals surface area contributed by atoms with Gasteiger partial charge in [0.15, 0.2) is 0 Å². The average Bonchev–Trinajstić information content (AvgIpc) is 3.06. The fraction of sp³-hybridized carbons (Fsp3) is 0.429. The Balaban J connectivity index is 1.44. The Morgan fingerprint density at radius 2 is 1.73 bits per heavy atom. The van der Waals surface area contributed by atoms with Crippen LogP contribution in [0.1, 0.15) is 41.9 Å². The normalized spacial score (nSPS) is 32.7. The molecule has 1 heteroatoms. The van der Waals surface area contributed by atoms with E-state index < -0.39 is 0 Å². The molecular formula is C21H23N. The van der Waals surface area contributed by atoms with E-state index in [9.17, 15) is 0 Å². The molecule has 3 aliphatic rings. The maximum Gasteiger partial charge on any atom is 0.0239 e. The first kappa shape index (κ1) is 12.9. The van der Waals surface area contributed by atoms with Crippen molar-refractivity contribution in [1.82, 2.24) is 4.90 Å². The number of nitrogens with zero attached hydrogens (tertiary/aromatic N) is 1. The molecule has 0 N–H and O–H groups in total. The molecule has 0 amide bonds. The topological polar surface area (TPSA) is 3.24 Å². The van der Waals surface area contributed by atoms with Crippen LogP contribution < -0.4 is 0 Å². The van der Waals surface area contributed by atoms with Gasteiger partial charge in [0.25, 0.3) is 0 Å². The van der Waals surface area contributed by atoms with Crippen molar-refractivity contribution in [3.8, 4) is 0 Å². The fourth-order valence-electron chi connectivity index (χ4n) is 5.43. The second-order valence-corrected chi connectivity index (χ2v) is 7.37. The highest BCUT2D eigenvalue weighted by atomic mass is 15.2. The van der Waals surface area contributed by atoms with E-state index in [0.717, 1.165) is 30.5 Å². The molecule has 0 unspecified atom stereocenters. The van der Waals surface area contributed by atoms with Crippen LogP contribution in [0.25, 0.3) is 0 Å². The lowest BCUT2D eigenvalue weighted by Crippen LogP contribution is -2.46. The molecule has 1 nitrogen and oxygen atoms in total. The van der Waals surface area contributed by atoms with Gasteiger partial charge in [-0.15, -0.1) is 0 Å². The number of rotatable bonds is 2. The minimum Gasteiger partial charge on any atom is -0.293 e. The molecule has 2 heterocycles. The van der Waals surface area contributed by atoms with Gasteiger partial charge < -0.3 is 0 Å². The van der Waals surface area contributed by atoms with E-state index in [1.807, 2.05) is 0 Å². The molecule has 2 aliphatic heterocycles. The Labute approximate surface area is 133 Å². The van der Waals surface area contributed by atoms with Gasteiger partial charge in [0.1, 0.15) is 0 Å². The van der Waals surface area contributed by atoms with Gasteiger partial charge in [-0.1, -0.05) is 54.6 Å². The number of piperidine rings is 1. The van der Waals surface area contributed by atoms with Gasteiger partial charge >= 0.3 is 0 Å². The van der Waals surface area contributed by atoms with Crippen molar-refractivity contribution in [2.24, 2.45) is 5.92 Å². The molecule has 2 saturated heterocycles. The molecule has 0 radical (unpaired) electrons. The lowest BCUT2D eigenvalue weighted by molar-refractivity contribution is 0.0740. The minimum atomic E-state index is 0.802. The van der Waals surface area contributed by atoms with Crippen LogP contribution in [0.2, 0.25) is 0 Å². The molecular weight excluding hydrogens is 266 g/mol. The fourth-order valence-corrected chi connectivity index (χ4v) is 5.43. The highest BCUT2D eigenvalue weighted by Gasteiger charge is 2.49. The monoisotopic (exact) mass is 289 g/mol. The van der Waals surface area contributed by atoms with Crippen LogP contribution in [-0.4, -0.2) is 17.0 Å². The number of hydrogen-bond donors (Lipinski definition) is 0. The summed E-state index contributed by atoms with van der Waals surface area (Å²) in [4.78, 5) is 2.84. The predicted octanol–water partition coefficient (Wildman–Crippen LogP) is 4.38. The second-order valence-electron chi connectivity index (χ2n) is 7.37. The Hall–Kier alpha value is -1.60. The first-order chi connectivity index (χ1) is 10.9. The van der Waals surface area contributed by atoms with Crippen LogP contribution in [0.5, 0.6) is 0 Å². The van der Waals surface area contributed by atoms with Crippen LogP contribution in [0, 0.1) is 5.92 Å². The van der Waals surface area contributed by atoms with Crippen molar-refractivity contribution in [3.63, 3.8) is 0 Å². The maximum atomic E-state index is 2.84. The van der Waals surface area contributed by atoms with Gasteiger partial charge in [0, 0.05) is 18.6 Å². The molecule has 2 aromatic carbocycles. The summed E-state index contributed by atoms with van der Waals surface area (Å²) in [6, 6.07) is 21.9. The summed E-state index contributed by atoms with van der Waals surface area (Å²) in [5.74, 6) is 1.69. The van der Waals surface area contributed by atoms with Gasteiger partial charge in [-0.2, -0.15) is 0 Å². The second kappa shape index (κ2) is 4.96. The summed E-state index contributed by atoms with van der Waals surface area (Å²) in [7, 11) is 0. The van der Waals surface area contributed by atoms with Crippen molar-refractivity contribution in [2.75, 3.05) is 0 Å². The summed E-state index contributed by atoms with van der Waals surface area (Å²) in [5, 5.41) is 0. The summed E-state index contributed by atoms with van der Waals surface area (Å²) in [5.41, 5.74) is 4.78. The summed E-state index contributed by atoms with van der Waals surface area (Å²) >= 11 is 0. The first-order valence-electron chi connectivity index (χ1n) is 8.77. The Morgan fingerprint density at radius 3 is 2.64 bits per heavy atom. The third-order valence-electron chi connectivity index (χ3n) is 6.35. The van der Waals surface area contributed by atoms with Gasteiger partial charge in [-0.05, 0) is 54.2 Å². The Morgan fingerprint density at radius 1 is 0.909 bits per heavy atom. The van der Waals surface area contributed by atoms with E-state index >= 15 is 0 Å². The van der Waals surface area contributed by atoms with Crippen LogP contribution in [0.15, 0.2) is 54.6 Å². The van der Waals surface area contributed by atoms with Gasteiger partial charge in [-0.25, -0.2) is 0 Å². The van der Waals surface area contributed by atoms with E-state index in [1.165, 1.54) is 31.2 Å². The van der Waals surface area contributed by atoms with E-state index in [2.05, 4.69) is 59.5 Å². The SMILES string of the molecule is c1ccc(CN2[C@H]3CC[C@@H]2[C@H]2Cc4ccccc4[C@H]2C3)cc1. The zero-order valence-corrected chi connectivity index (χ0v) is 13.0. The van der Waals surface area contributed by atoms with Crippen molar-refractivity contribution in [3.05, 3.63) is 71.3 Å². The summed E-state index contributed by atoms with van der Waals surface area (Å²) in [6.45, 7) is 1.15. The predicted molar refractivity (Wildman–Crippen MR) is 89.8 cm³/mol. The van der Waals surface area contributed by atoms with Crippen LogP contribution in [0.3, 0.4) is 0 Å². The van der Waals surface area contributed by atoms with E-state index in [4.69, 9.17) is 0 Å². The number of fused-ring (bicyclic) bond motifs is 6. The standard InChI is InChI=1S/C21H23N/c1-2-6-15(7-3-1)14-22-17-10-11-21(22)20-12-16-8-4-5-9-18(16)19(20)13-17/h1-9,17,19-21H,10-14H2/t17-,19+,20-,21+/m0/s1. The Kier molecular flexibility index (Phi) is 2.91. The van der Waals surface area contributed by atoms with Gasteiger partial charge in [0.2, 0.25) is 0 Å². The molecule has 0 spiro atoms. The van der Waals surface area contributed by atoms with Crippen molar-refractivity contribution in [1.29, 1.82) is 0 Å². The van der Waals surface area contributed by atoms with Gasteiger partial charge in [-0.3, -0.25) is 4.90 Å². The highest BCUT2D eigenvalue weighted by Crippen LogP contribution is 2.52. The highest BCUT2D eigenvalue weighted by molar-refractivity contribution is 5.38. The van der Waals surface area contributed by atoms with Crippen LogP contribution in [0.4, 0.5) is 0 Å². The Bertz CT molecular complexity index is 677. The molecule has 112 valence electrons. The van der Waals surface area contributed by atoms with E-state index in [1.54, 1.807) is 11.1 Å². The quantitative estimate of drug-likeness (QED) is 0.793. The van der Waals surface area contributed by atoms with E-state index in [0.29, 0.717) is 0 Å². The molecule has 0 saturated carbocycles. The third kappa shape index (κ3) is 1.88. The lowest BCUT2D eigenvalue weighted by atomic mass is 9.80. The van der Waals surface area contributed by atoms with E-state index in [-0.39, 0.29) is 0 Å². The molecule has 5 rings (SSSR count). The third-order valence-corrected chi connectivity index (χ3v) is 6.35. The van der Waals surface area contributed by atoms with Crippen LogP contribution >= 0.6 is 0 Å². The molecule has 4 atom stereocenters. The zero-order valence-electron chi connectivity index (χ0n) is 13.0. The van der Waals surface area contributed by atoms with Crippen molar-refractivity contribution >= 4 is 0 Å². The maximum absolute atomic E-state index is 2.84. The molecule has 22 heavy (non-hydrogen) atoms. The minimum absolute atomic E-state index is 0.802. The largest absolute Gasteiger partial charge is 0.293 e. The van der Waals surface area contributed by atoms with Crippen LogP contribution in [-0.2, 0) is 13.0 Å². The molecule has 2 bridgehead atoms. The first-order valence-corrected chi connectivity index (χ1v) is 8.77. The molecule has 1 aliphatic carbocycles. The summed E-state index contributed by atoms with van der Waals surface area (Å²) < 4.78 is 0. The number of hydrogen-bond acceptors (Lipinski definition) is 1. The smallest absolute Gasteiger partial charge is 0.0239 e. The van der Waals surface area contributed by atoms with Crippen molar-refractivity contribution in [2.45, 2.75) is 50.2 Å². The molecule has 2 fully saturated rings. The van der Waals surface area contributed by atoms with Gasteiger partial charge in [0.05, 0.1) is 0 Å². The zero-order chi connectivity index (χ0) is 14.5.